The van der Waals surface area contributed by atoms with Crippen LogP contribution in [0, 0.1) is 18.3 Å². The van der Waals surface area contributed by atoms with Gasteiger partial charge in [0.2, 0.25) is 0 Å². The number of likely N-dealkylation sites (N-methyl/N-ethyl adjacent to an activating group) is 1. The molecule has 0 spiro atoms. The molecule has 16 heteroatoms. The van der Waals surface area contributed by atoms with Gasteiger partial charge in [0.1, 0.15) is 15.8 Å². The lowest BCUT2D eigenvalue weighted by atomic mass is 10.2. The van der Waals surface area contributed by atoms with Crippen LogP contribution in [0.1, 0.15) is 23.2 Å². The summed E-state index contributed by atoms with van der Waals surface area (Å²) in [6, 6.07) is 21.0. The number of amides is 1. The number of nitrogens with zero attached hydrogens (tertiary/aromatic N) is 6. The second-order valence-electron chi connectivity index (χ2n) is 12.3. The quantitative estimate of drug-likeness (QED) is 0.205. The first-order valence-corrected chi connectivity index (χ1v) is 16.6. The minimum atomic E-state index is -4.61. The normalized spacial score (nSPS) is 15.5. The Balaban J connectivity index is 0.000000418. The molecule has 260 valence electrons. The number of nitriles is 1. The molecule has 6 rings (SSSR count). The molecular formula is C34H32F3N7O5S. The Kier molecular flexibility index (Phi) is 9.87. The van der Waals surface area contributed by atoms with Gasteiger partial charge in [-0.2, -0.15) is 23.5 Å². The number of benzene rings is 3. The van der Waals surface area contributed by atoms with Crippen LogP contribution >= 0.6 is 0 Å². The van der Waals surface area contributed by atoms with Crippen LogP contribution in [0.3, 0.4) is 0 Å². The van der Waals surface area contributed by atoms with E-state index >= 15 is 0 Å². The number of likely N-dealkylation sites (tertiary alicyclic amines) is 1. The molecule has 0 aliphatic carbocycles. The molecule has 3 aromatic carbocycles. The summed E-state index contributed by atoms with van der Waals surface area (Å²) in [4.78, 5) is 27.4. The largest absolute Gasteiger partial charge is 0.744 e. The number of hydrogen-bond donors (Lipinski definition) is 1. The van der Waals surface area contributed by atoms with Crippen molar-refractivity contribution in [1.82, 2.24) is 24.2 Å². The van der Waals surface area contributed by atoms with Gasteiger partial charge in [-0.15, -0.1) is 0 Å². The van der Waals surface area contributed by atoms with Crippen LogP contribution in [0.15, 0.2) is 101 Å². The molecule has 1 saturated heterocycles. The van der Waals surface area contributed by atoms with Gasteiger partial charge in [0.25, 0.3) is 0 Å². The monoisotopic (exact) mass is 707 g/mol. The van der Waals surface area contributed by atoms with Crippen LogP contribution in [0.5, 0.6) is 0 Å². The van der Waals surface area contributed by atoms with Gasteiger partial charge < -0.3 is 14.4 Å². The molecule has 1 atom stereocenters. The Bertz CT molecular complexity index is 2240. The van der Waals surface area contributed by atoms with Crippen molar-refractivity contribution in [2.24, 2.45) is 0 Å². The SMILES string of the molecule is Cc1c(-c2ccnn2-c2ccc(C#N)cc2)n(C(=O)N[C@@H]2CC[N+](C)(C)C2)c(=O)n1-c1cccc(C(F)(F)F)c1.O=S(=O)([O-])c1ccccc1. The molecule has 0 bridgehead atoms. The summed E-state index contributed by atoms with van der Waals surface area (Å²) in [5.41, 5.74) is 0.104. The first-order chi connectivity index (χ1) is 23.5. The second kappa shape index (κ2) is 13.8. The minimum absolute atomic E-state index is 0.0202. The van der Waals surface area contributed by atoms with E-state index in [1.807, 2.05) is 14.1 Å². The fraction of sp³-hybridized carbons (Fsp3) is 0.235. The molecule has 1 aliphatic heterocycles. The van der Waals surface area contributed by atoms with Crippen molar-refractivity contribution >= 4 is 16.1 Å². The third-order valence-electron chi connectivity index (χ3n) is 8.20. The van der Waals surface area contributed by atoms with E-state index in [4.69, 9.17) is 5.26 Å². The van der Waals surface area contributed by atoms with Gasteiger partial charge in [0.05, 0.1) is 84.3 Å². The van der Waals surface area contributed by atoms with E-state index in [0.717, 1.165) is 34.2 Å². The van der Waals surface area contributed by atoms with Crippen LogP contribution in [-0.2, 0) is 16.3 Å². The van der Waals surface area contributed by atoms with Crippen molar-refractivity contribution in [3.05, 3.63) is 118 Å². The van der Waals surface area contributed by atoms with E-state index in [2.05, 4.69) is 16.5 Å². The van der Waals surface area contributed by atoms with Crippen molar-refractivity contribution < 1.29 is 35.4 Å². The molecule has 0 unspecified atom stereocenters. The maximum absolute atomic E-state index is 13.9. The zero-order valence-corrected chi connectivity index (χ0v) is 27.9. The fourth-order valence-electron chi connectivity index (χ4n) is 5.81. The summed E-state index contributed by atoms with van der Waals surface area (Å²) < 4.78 is 75.7. The number of alkyl halides is 3. The summed E-state index contributed by atoms with van der Waals surface area (Å²) in [7, 11) is -0.153. The lowest BCUT2D eigenvalue weighted by Gasteiger charge is -2.23. The molecule has 0 radical (unpaired) electrons. The Hall–Kier alpha value is -5.50. The topological polar surface area (TPSA) is 155 Å². The number of imidazole rings is 1. The Labute approximate surface area is 285 Å². The number of aromatic nitrogens is 4. The highest BCUT2D eigenvalue weighted by Gasteiger charge is 2.35. The summed E-state index contributed by atoms with van der Waals surface area (Å²) >= 11 is 0. The van der Waals surface area contributed by atoms with Crippen molar-refractivity contribution in [2.45, 2.75) is 30.5 Å². The Morgan fingerprint density at radius 3 is 2.26 bits per heavy atom. The number of rotatable bonds is 5. The number of hydrogen-bond acceptors (Lipinski definition) is 7. The molecule has 2 aromatic heterocycles. The third-order valence-corrected chi connectivity index (χ3v) is 9.05. The van der Waals surface area contributed by atoms with Gasteiger partial charge in [-0.3, -0.25) is 4.57 Å². The molecule has 50 heavy (non-hydrogen) atoms. The van der Waals surface area contributed by atoms with Gasteiger partial charge in [-0.05, 0) is 67.6 Å². The Morgan fingerprint density at radius 2 is 1.70 bits per heavy atom. The maximum Gasteiger partial charge on any atom is 0.416 e. The van der Waals surface area contributed by atoms with Crippen molar-refractivity contribution in [1.29, 1.82) is 5.26 Å². The standard InChI is InChI=1S/C28H26F3N7O2.C6H6O3S/c1-18-25(24-11-13-33-37(24)22-9-7-19(16-32)8-10-22)36(26(39)34-21-12-14-38(2,3)17-21)27(40)35(18)23-6-4-5-20(15-23)28(29,30)31;7-10(8,9)6-4-2-1-3-5-6/h4-11,13,15,21H,12,14,17H2,1-3H3;1-5H,(H,7,8,9)/t21-;/m1./s1. The van der Waals surface area contributed by atoms with Crippen LogP contribution in [-0.4, -0.2) is 75.6 Å². The number of carbonyl (C=O) groups excluding carboxylic acids is 1. The van der Waals surface area contributed by atoms with E-state index in [1.54, 1.807) is 43.3 Å². The molecular weight excluding hydrogens is 675 g/mol. The Morgan fingerprint density at radius 1 is 1.02 bits per heavy atom. The number of carbonyl (C=O) groups is 1. The minimum Gasteiger partial charge on any atom is -0.744 e. The van der Waals surface area contributed by atoms with Gasteiger partial charge in [-0.25, -0.2) is 27.3 Å². The molecule has 1 amide bonds. The third kappa shape index (κ3) is 7.70. The molecule has 1 fully saturated rings. The van der Waals surface area contributed by atoms with Crippen LogP contribution in [0.4, 0.5) is 18.0 Å². The van der Waals surface area contributed by atoms with E-state index in [0.29, 0.717) is 28.0 Å². The molecule has 12 nitrogen and oxygen atoms in total. The molecule has 1 N–H and O–H groups in total. The van der Waals surface area contributed by atoms with E-state index < -0.39 is 33.6 Å². The van der Waals surface area contributed by atoms with E-state index in [1.165, 1.54) is 47.3 Å². The van der Waals surface area contributed by atoms with Gasteiger partial charge >= 0.3 is 17.9 Å². The second-order valence-corrected chi connectivity index (χ2v) is 13.6. The van der Waals surface area contributed by atoms with Crippen molar-refractivity contribution in [2.75, 3.05) is 27.2 Å². The van der Waals surface area contributed by atoms with Gasteiger partial charge in [0, 0.05) is 6.42 Å². The van der Waals surface area contributed by atoms with Crippen LogP contribution < -0.4 is 11.0 Å². The zero-order valence-electron chi connectivity index (χ0n) is 27.1. The lowest BCUT2D eigenvalue weighted by molar-refractivity contribution is -0.878. The zero-order chi connectivity index (χ0) is 36.4. The summed E-state index contributed by atoms with van der Waals surface area (Å²) in [5.74, 6) is 0. The molecule has 5 aromatic rings. The smallest absolute Gasteiger partial charge is 0.416 e. The highest BCUT2D eigenvalue weighted by molar-refractivity contribution is 7.85. The van der Waals surface area contributed by atoms with Crippen LogP contribution in [0.25, 0.3) is 22.8 Å². The molecule has 3 heterocycles. The van der Waals surface area contributed by atoms with Crippen molar-refractivity contribution in [3.63, 3.8) is 0 Å². The summed E-state index contributed by atoms with van der Waals surface area (Å²) in [6.07, 6.45) is -2.39. The highest BCUT2D eigenvalue weighted by atomic mass is 32.2. The predicted octanol–water partition coefficient (Wildman–Crippen LogP) is 4.69. The number of nitrogens with one attached hydrogen (secondary N) is 1. The van der Waals surface area contributed by atoms with E-state index in [-0.39, 0.29) is 28.0 Å². The lowest BCUT2D eigenvalue weighted by Crippen LogP contribution is -2.46. The highest BCUT2D eigenvalue weighted by Crippen LogP contribution is 2.32. The summed E-state index contributed by atoms with van der Waals surface area (Å²) in [5, 5.41) is 16.5. The summed E-state index contributed by atoms with van der Waals surface area (Å²) in [6.45, 7) is 3.10. The molecule has 1 aliphatic rings. The van der Waals surface area contributed by atoms with Gasteiger partial charge in [0.15, 0.2) is 0 Å². The predicted molar refractivity (Wildman–Crippen MR) is 176 cm³/mol. The number of quaternary nitrogens is 1. The fourth-order valence-corrected chi connectivity index (χ4v) is 6.31. The first-order valence-electron chi connectivity index (χ1n) is 15.2. The average molecular weight is 708 g/mol. The van der Waals surface area contributed by atoms with Gasteiger partial charge in [-0.1, -0.05) is 24.3 Å². The van der Waals surface area contributed by atoms with E-state index in [9.17, 15) is 35.7 Å². The average Bonchev–Trinajstić information content (AvgIpc) is 3.75. The molecule has 0 saturated carbocycles. The number of halogens is 3. The van der Waals surface area contributed by atoms with Crippen LogP contribution in [0.2, 0.25) is 0 Å². The maximum atomic E-state index is 13.9. The first kappa shape index (κ1) is 35.8. The van der Waals surface area contributed by atoms with Crippen molar-refractivity contribution in [3.8, 4) is 28.8 Å².